The van der Waals surface area contributed by atoms with Gasteiger partial charge in [0.25, 0.3) is 0 Å². The van der Waals surface area contributed by atoms with Gasteiger partial charge in [0.05, 0.1) is 19.8 Å². The quantitative estimate of drug-likeness (QED) is 0.621. The first-order valence-electron chi connectivity index (χ1n) is 5.67. The molecule has 0 aromatic heterocycles. The smallest absolute Gasteiger partial charge is 0.319 e. The van der Waals surface area contributed by atoms with Crippen LogP contribution in [0, 0.1) is 0 Å². The molecule has 15 heavy (non-hydrogen) atoms. The first kappa shape index (κ1) is 12.5. The highest BCUT2D eigenvalue weighted by atomic mass is 16.5. The van der Waals surface area contributed by atoms with Crippen molar-refractivity contribution >= 4 is 5.97 Å². The maximum Gasteiger partial charge on any atom is 0.319 e. The van der Waals surface area contributed by atoms with Crippen molar-refractivity contribution in [3.63, 3.8) is 0 Å². The maximum atomic E-state index is 11.1. The summed E-state index contributed by atoms with van der Waals surface area (Å²) in [7, 11) is 1.43. The van der Waals surface area contributed by atoms with Crippen molar-refractivity contribution in [2.75, 3.05) is 33.4 Å². The highest BCUT2D eigenvalue weighted by Crippen LogP contribution is 2.15. The van der Waals surface area contributed by atoms with Crippen molar-refractivity contribution < 1.29 is 14.3 Å². The third kappa shape index (κ3) is 4.62. The van der Waals surface area contributed by atoms with Crippen LogP contribution in [-0.4, -0.2) is 50.3 Å². The Hall–Kier alpha value is -0.610. The molecule has 4 heteroatoms. The lowest BCUT2D eigenvalue weighted by Crippen LogP contribution is -2.32. The van der Waals surface area contributed by atoms with Crippen LogP contribution in [0.15, 0.2) is 0 Å². The number of esters is 1. The minimum Gasteiger partial charge on any atom is -0.468 e. The SMILES string of the molecule is CCN(CCC1CCCO1)CC(=O)OC. The van der Waals surface area contributed by atoms with E-state index in [-0.39, 0.29) is 5.97 Å². The van der Waals surface area contributed by atoms with Crippen LogP contribution in [0.2, 0.25) is 0 Å². The molecule has 0 bridgehead atoms. The van der Waals surface area contributed by atoms with Crippen LogP contribution in [-0.2, 0) is 14.3 Å². The third-order valence-corrected chi connectivity index (χ3v) is 2.82. The van der Waals surface area contributed by atoms with Crippen molar-refractivity contribution in [3.05, 3.63) is 0 Å². The van der Waals surface area contributed by atoms with Crippen LogP contribution in [0.4, 0.5) is 0 Å². The highest BCUT2D eigenvalue weighted by molar-refractivity contribution is 5.71. The van der Waals surface area contributed by atoms with Gasteiger partial charge in [0.2, 0.25) is 0 Å². The highest BCUT2D eigenvalue weighted by Gasteiger charge is 2.17. The van der Waals surface area contributed by atoms with Gasteiger partial charge in [-0.05, 0) is 25.8 Å². The van der Waals surface area contributed by atoms with E-state index in [1.54, 1.807) is 0 Å². The normalized spacial score (nSPS) is 20.9. The monoisotopic (exact) mass is 215 g/mol. The molecule has 1 rings (SSSR count). The van der Waals surface area contributed by atoms with Crippen molar-refractivity contribution in [1.29, 1.82) is 0 Å². The van der Waals surface area contributed by atoms with E-state index in [0.717, 1.165) is 32.5 Å². The maximum absolute atomic E-state index is 11.1. The fourth-order valence-corrected chi connectivity index (χ4v) is 1.79. The van der Waals surface area contributed by atoms with E-state index in [1.807, 2.05) is 0 Å². The largest absolute Gasteiger partial charge is 0.468 e. The summed E-state index contributed by atoms with van der Waals surface area (Å²) in [6.45, 7) is 5.13. The second-order valence-electron chi connectivity index (χ2n) is 3.87. The molecule has 4 nitrogen and oxygen atoms in total. The molecular formula is C11H21NO3. The lowest BCUT2D eigenvalue weighted by atomic mass is 10.2. The Morgan fingerprint density at radius 2 is 2.40 bits per heavy atom. The fraction of sp³-hybridized carbons (Fsp3) is 0.909. The lowest BCUT2D eigenvalue weighted by molar-refractivity contribution is -0.142. The van der Waals surface area contributed by atoms with Crippen LogP contribution in [0.3, 0.4) is 0 Å². The van der Waals surface area contributed by atoms with E-state index in [2.05, 4.69) is 16.6 Å². The Morgan fingerprint density at radius 3 is 2.93 bits per heavy atom. The predicted molar refractivity (Wildman–Crippen MR) is 57.7 cm³/mol. The number of hydrogen-bond donors (Lipinski definition) is 0. The molecule has 0 saturated carbocycles. The summed E-state index contributed by atoms with van der Waals surface area (Å²) in [6.07, 6.45) is 3.76. The van der Waals surface area contributed by atoms with Crippen molar-refractivity contribution in [2.45, 2.75) is 32.3 Å². The lowest BCUT2D eigenvalue weighted by Gasteiger charge is -2.20. The second-order valence-corrected chi connectivity index (χ2v) is 3.87. The third-order valence-electron chi connectivity index (χ3n) is 2.82. The zero-order valence-corrected chi connectivity index (χ0v) is 9.70. The summed E-state index contributed by atoms with van der Waals surface area (Å²) < 4.78 is 10.2. The zero-order chi connectivity index (χ0) is 11.1. The molecule has 1 fully saturated rings. The average molecular weight is 215 g/mol. The van der Waals surface area contributed by atoms with Gasteiger partial charge >= 0.3 is 5.97 Å². The van der Waals surface area contributed by atoms with Crippen LogP contribution in [0.5, 0.6) is 0 Å². The first-order chi connectivity index (χ1) is 7.26. The Kier molecular flexibility index (Phi) is 5.65. The number of hydrogen-bond acceptors (Lipinski definition) is 4. The van der Waals surface area contributed by atoms with E-state index >= 15 is 0 Å². The molecule has 0 radical (unpaired) electrons. The molecule has 88 valence electrons. The zero-order valence-electron chi connectivity index (χ0n) is 9.70. The minimum absolute atomic E-state index is 0.163. The number of carbonyl (C=O) groups excluding carboxylic acids is 1. The van der Waals surface area contributed by atoms with Gasteiger partial charge in [0.15, 0.2) is 0 Å². The molecule has 0 spiro atoms. The molecule has 0 aliphatic carbocycles. The topological polar surface area (TPSA) is 38.8 Å². The van der Waals surface area contributed by atoms with Crippen LogP contribution in [0.1, 0.15) is 26.2 Å². The Bertz CT molecular complexity index is 190. The van der Waals surface area contributed by atoms with Crippen molar-refractivity contribution in [3.8, 4) is 0 Å². The number of ether oxygens (including phenoxy) is 2. The van der Waals surface area contributed by atoms with Gasteiger partial charge in [-0.2, -0.15) is 0 Å². The predicted octanol–water partition coefficient (Wildman–Crippen LogP) is 1.05. The van der Waals surface area contributed by atoms with Gasteiger partial charge in [-0.1, -0.05) is 6.92 Å². The molecule has 0 aromatic carbocycles. The van der Waals surface area contributed by atoms with Gasteiger partial charge in [-0.3, -0.25) is 9.69 Å². The number of nitrogens with zero attached hydrogens (tertiary/aromatic N) is 1. The number of rotatable bonds is 6. The Balaban J connectivity index is 2.17. The molecule has 0 aromatic rings. The molecule has 1 atom stereocenters. The summed E-state index contributed by atoms with van der Waals surface area (Å²) in [5.74, 6) is -0.163. The van der Waals surface area contributed by atoms with Gasteiger partial charge in [-0.15, -0.1) is 0 Å². The van der Waals surface area contributed by atoms with Crippen LogP contribution >= 0.6 is 0 Å². The molecular weight excluding hydrogens is 194 g/mol. The van der Waals surface area contributed by atoms with E-state index < -0.39 is 0 Å². The summed E-state index contributed by atoms with van der Waals surface area (Å²) in [5.41, 5.74) is 0. The summed E-state index contributed by atoms with van der Waals surface area (Å²) >= 11 is 0. The second kappa shape index (κ2) is 6.80. The number of likely N-dealkylation sites (N-methyl/N-ethyl adjacent to an activating group) is 1. The van der Waals surface area contributed by atoms with Crippen molar-refractivity contribution in [1.82, 2.24) is 4.90 Å². The van der Waals surface area contributed by atoms with Gasteiger partial charge in [0, 0.05) is 13.2 Å². The number of methoxy groups -OCH3 is 1. The van der Waals surface area contributed by atoms with Crippen LogP contribution < -0.4 is 0 Å². The summed E-state index contributed by atoms with van der Waals surface area (Å²) in [6, 6.07) is 0. The fourth-order valence-electron chi connectivity index (χ4n) is 1.79. The Morgan fingerprint density at radius 1 is 1.60 bits per heavy atom. The van der Waals surface area contributed by atoms with Gasteiger partial charge in [0.1, 0.15) is 0 Å². The van der Waals surface area contributed by atoms with E-state index in [0.29, 0.717) is 12.6 Å². The molecule has 0 amide bonds. The molecule has 1 heterocycles. The molecule has 1 aliphatic rings. The molecule has 1 unspecified atom stereocenters. The Labute approximate surface area is 91.5 Å². The van der Waals surface area contributed by atoms with E-state index in [4.69, 9.17) is 4.74 Å². The van der Waals surface area contributed by atoms with Crippen molar-refractivity contribution in [2.24, 2.45) is 0 Å². The molecule has 1 saturated heterocycles. The summed E-state index contributed by atoms with van der Waals surface area (Å²) in [5, 5.41) is 0. The molecule has 1 aliphatic heterocycles. The standard InChI is InChI=1S/C11H21NO3/c1-3-12(9-11(13)14-2)7-6-10-5-4-8-15-10/h10H,3-9H2,1-2H3. The average Bonchev–Trinajstić information content (AvgIpc) is 2.76. The number of carbonyl (C=O) groups is 1. The van der Waals surface area contributed by atoms with E-state index in [1.165, 1.54) is 13.5 Å². The van der Waals surface area contributed by atoms with Gasteiger partial charge < -0.3 is 9.47 Å². The summed E-state index contributed by atoms with van der Waals surface area (Å²) in [4.78, 5) is 13.2. The first-order valence-corrected chi connectivity index (χ1v) is 5.67. The molecule has 0 N–H and O–H groups in total. The van der Waals surface area contributed by atoms with Gasteiger partial charge in [-0.25, -0.2) is 0 Å². The minimum atomic E-state index is -0.163. The van der Waals surface area contributed by atoms with Crippen LogP contribution in [0.25, 0.3) is 0 Å². The van der Waals surface area contributed by atoms with E-state index in [9.17, 15) is 4.79 Å².